The molecule has 3 rings (SSSR count). The van der Waals surface area contributed by atoms with E-state index in [1.54, 1.807) is 12.1 Å². The van der Waals surface area contributed by atoms with Gasteiger partial charge in [0, 0.05) is 17.2 Å². The number of oxazole rings is 1. The molecule has 0 fully saturated rings. The Morgan fingerprint density at radius 2 is 1.92 bits per heavy atom. The Labute approximate surface area is 140 Å². The molecule has 5 nitrogen and oxygen atoms in total. The van der Waals surface area contributed by atoms with Crippen LogP contribution < -0.4 is 5.32 Å². The summed E-state index contributed by atoms with van der Waals surface area (Å²) in [6.45, 7) is 7.47. The molecule has 2 N–H and O–H groups in total. The van der Waals surface area contributed by atoms with Crippen molar-refractivity contribution in [2.45, 2.75) is 27.7 Å². The van der Waals surface area contributed by atoms with Crippen LogP contribution in [-0.2, 0) is 4.79 Å². The number of anilines is 1. The number of fused-ring (bicyclic) bond motifs is 1. The molecule has 0 aliphatic rings. The van der Waals surface area contributed by atoms with Gasteiger partial charge >= 0.3 is 0 Å². The van der Waals surface area contributed by atoms with Crippen molar-refractivity contribution in [2.24, 2.45) is 5.41 Å². The van der Waals surface area contributed by atoms with Gasteiger partial charge in [0.15, 0.2) is 5.58 Å². The first-order valence-electron chi connectivity index (χ1n) is 7.76. The Morgan fingerprint density at radius 1 is 1.17 bits per heavy atom. The van der Waals surface area contributed by atoms with Gasteiger partial charge in [-0.1, -0.05) is 26.8 Å². The van der Waals surface area contributed by atoms with Gasteiger partial charge in [-0.15, -0.1) is 0 Å². The fourth-order valence-corrected chi connectivity index (χ4v) is 2.26. The standard InChI is InChI=1S/C19H20N2O3/c1-11-5-8-16-14(9-11)21-17(24-16)13-7-6-12(10-15(13)22)20-18(23)19(2,3)4/h5-10,22H,1-4H3,(H,20,23). The summed E-state index contributed by atoms with van der Waals surface area (Å²) in [5, 5.41) is 13.1. The van der Waals surface area contributed by atoms with E-state index in [-0.39, 0.29) is 11.7 Å². The zero-order valence-electron chi connectivity index (χ0n) is 14.2. The first kappa shape index (κ1) is 16.1. The number of rotatable bonds is 2. The molecule has 2 aromatic carbocycles. The number of aromatic nitrogens is 1. The maximum Gasteiger partial charge on any atom is 0.231 e. The summed E-state index contributed by atoms with van der Waals surface area (Å²) in [4.78, 5) is 16.4. The number of amides is 1. The number of nitrogens with one attached hydrogen (secondary N) is 1. The normalized spacial score (nSPS) is 11.7. The molecule has 24 heavy (non-hydrogen) atoms. The lowest BCUT2D eigenvalue weighted by atomic mass is 9.95. The number of carbonyl (C=O) groups is 1. The number of nitrogens with zero attached hydrogens (tertiary/aromatic N) is 1. The molecule has 1 amide bonds. The van der Waals surface area contributed by atoms with Crippen molar-refractivity contribution in [1.82, 2.24) is 4.98 Å². The third kappa shape index (κ3) is 3.11. The van der Waals surface area contributed by atoms with Gasteiger partial charge in [-0.25, -0.2) is 4.98 Å². The van der Waals surface area contributed by atoms with Gasteiger partial charge in [0.1, 0.15) is 11.3 Å². The van der Waals surface area contributed by atoms with Gasteiger partial charge < -0.3 is 14.8 Å². The second-order valence-corrected chi connectivity index (χ2v) is 6.93. The monoisotopic (exact) mass is 324 g/mol. The highest BCUT2D eigenvalue weighted by atomic mass is 16.3. The molecular weight excluding hydrogens is 304 g/mol. The number of phenols is 1. The largest absolute Gasteiger partial charge is 0.507 e. The minimum Gasteiger partial charge on any atom is -0.507 e. The topological polar surface area (TPSA) is 75.4 Å². The summed E-state index contributed by atoms with van der Waals surface area (Å²) in [6, 6.07) is 10.6. The van der Waals surface area contributed by atoms with Crippen LogP contribution in [0.4, 0.5) is 5.69 Å². The fourth-order valence-electron chi connectivity index (χ4n) is 2.26. The van der Waals surface area contributed by atoms with Gasteiger partial charge in [-0.3, -0.25) is 4.79 Å². The van der Waals surface area contributed by atoms with E-state index in [2.05, 4.69) is 10.3 Å². The molecule has 0 radical (unpaired) electrons. The number of hydrogen-bond donors (Lipinski definition) is 2. The Hall–Kier alpha value is -2.82. The first-order chi connectivity index (χ1) is 11.2. The van der Waals surface area contributed by atoms with E-state index in [9.17, 15) is 9.90 Å². The summed E-state index contributed by atoms with van der Waals surface area (Å²) < 4.78 is 5.71. The molecule has 1 heterocycles. The number of phenolic OH excluding ortho intramolecular Hbond substituents is 1. The van der Waals surface area contributed by atoms with Crippen molar-refractivity contribution < 1.29 is 14.3 Å². The van der Waals surface area contributed by atoms with E-state index >= 15 is 0 Å². The second-order valence-electron chi connectivity index (χ2n) is 6.93. The molecule has 124 valence electrons. The van der Waals surface area contributed by atoms with E-state index in [1.807, 2.05) is 45.9 Å². The van der Waals surface area contributed by atoms with E-state index in [0.717, 1.165) is 11.1 Å². The molecule has 0 aliphatic carbocycles. The molecule has 0 atom stereocenters. The molecule has 0 unspecified atom stereocenters. The number of aromatic hydroxyl groups is 1. The van der Waals surface area contributed by atoms with Gasteiger partial charge in [0.25, 0.3) is 0 Å². The van der Waals surface area contributed by atoms with Crippen LogP contribution in [-0.4, -0.2) is 16.0 Å². The first-order valence-corrected chi connectivity index (χ1v) is 7.76. The van der Waals surface area contributed by atoms with Gasteiger partial charge in [0.2, 0.25) is 11.8 Å². The minimum absolute atomic E-state index is 0.00462. The predicted octanol–water partition coefficient (Wildman–Crippen LogP) is 4.49. The molecule has 5 heteroatoms. The van der Waals surface area contributed by atoms with Crippen molar-refractivity contribution in [3.63, 3.8) is 0 Å². The second kappa shape index (κ2) is 5.67. The molecule has 0 saturated heterocycles. The molecule has 0 spiro atoms. The lowest BCUT2D eigenvalue weighted by Crippen LogP contribution is -2.27. The molecule has 3 aromatic rings. The van der Waals surface area contributed by atoms with E-state index in [0.29, 0.717) is 22.7 Å². The molecule has 0 bridgehead atoms. The molecule has 0 aliphatic heterocycles. The molecule has 1 aromatic heterocycles. The van der Waals surface area contributed by atoms with Crippen molar-refractivity contribution in [3.05, 3.63) is 42.0 Å². The van der Waals surface area contributed by atoms with Crippen LogP contribution in [0.1, 0.15) is 26.3 Å². The van der Waals surface area contributed by atoms with Crippen LogP contribution in [0.5, 0.6) is 5.75 Å². The maximum absolute atomic E-state index is 12.0. The highest BCUT2D eigenvalue weighted by Gasteiger charge is 2.21. The quantitative estimate of drug-likeness (QED) is 0.728. The van der Waals surface area contributed by atoms with Crippen LogP contribution in [0.15, 0.2) is 40.8 Å². The van der Waals surface area contributed by atoms with E-state index in [4.69, 9.17) is 4.42 Å². The van der Waals surface area contributed by atoms with Crippen LogP contribution >= 0.6 is 0 Å². The Balaban J connectivity index is 1.93. The highest BCUT2D eigenvalue weighted by molar-refractivity contribution is 5.95. The van der Waals surface area contributed by atoms with Gasteiger partial charge in [0.05, 0.1) is 5.56 Å². The number of carbonyl (C=O) groups excluding carboxylic acids is 1. The van der Waals surface area contributed by atoms with Crippen molar-refractivity contribution in [3.8, 4) is 17.2 Å². The SMILES string of the molecule is Cc1ccc2oc(-c3ccc(NC(=O)C(C)(C)C)cc3O)nc2c1. The fraction of sp³-hybridized carbons (Fsp3) is 0.263. The van der Waals surface area contributed by atoms with Crippen molar-refractivity contribution >= 4 is 22.7 Å². The lowest BCUT2D eigenvalue weighted by molar-refractivity contribution is -0.123. The zero-order chi connectivity index (χ0) is 17.5. The third-order valence-electron chi connectivity index (χ3n) is 3.71. The zero-order valence-corrected chi connectivity index (χ0v) is 14.2. The third-order valence-corrected chi connectivity index (χ3v) is 3.71. The van der Waals surface area contributed by atoms with Crippen LogP contribution in [0, 0.1) is 12.3 Å². The summed E-state index contributed by atoms with van der Waals surface area (Å²) >= 11 is 0. The molecule has 0 saturated carbocycles. The Morgan fingerprint density at radius 3 is 2.58 bits per heavy atom. The average Bonchev–Trinajstić information content (AvgIpc) is 2.88. The lowest BCUT2D eigenvalue weighted by Gasteiger charge is -2.17. The van der Waals surface area contributed by atoms with Gasteiger partial charge in [-0.2, -0.15) is 0 Å². The van der Waals surface area contributed by atoms with Crippen LogP contribution in [0.3, 0.4) is 0 Å². The van der Waals surface area contributed by atoms with Crippen molar-refractivity contribution in [1.29, 1.82) is 0 Å². The van der Waals surface area contributed by atoms with Crippen LogP contribution in [0.25, 0.3) is 22.6 Å². The number of aryl methyl sites for hydroxylation is 1. The van der Waals surface area contributed by atoms with Crippen molar-refractivity contribution in [2.75, 3.05) is 5.32 Å². The summed E-state index contributed by atoms with van der Waals surface area (Å²) in [7, 11) is 0. The maximum atomic E-state index is 12.0. The predicted molar refractivity (Wildman–Crippen MR) is 93.9 cm³/mol. The smallest absolute Gasteiger partial charge is 0.231 e. The summed E-state index contributed by atoms with van der Waals surface area (Å²) in [6.07, 6.45) is 0. The highest BCUT2D eigenvalue weighted by Crippen LogP contribution is 2.33. The van der Waals surface area contributed by atoms with E-state index < -0.39 is 5.41 Å². The number of hydrogen-bond acceptors (Lipinski definition) is 4. The van der Waals surface area contributed by atoms with Crippen LogP contribution in [0.2, 0.25) is 0 Å². The summed E-state index contributed by atoms with van der Waals surface area (Å²) in [5.74, 6) is 0.235. The Kier molecular flexibility index (Phi) is 3.79. The average molecular weight is 324 g/mol. The van der Waals surface area contributed by atoms with E-state index in [1.165, 1.54) is 6.07 Å². The van der Waals surface area contributed by atoms with Gasteiger partial charge in [-0.05, 0) is 36.8 Å². The summed E-state index contributed by atoms with van der Waals surface area (Å²) in [5.41, 5.74) is 3.01. The number of benzene rings is 2. The minimum atomic E-state index is -0.507. The Bertz CT molecular complexity index is 920. The molecular formula is C19H20N2O3.